The summed E-state index contributed by atoms with van der Waals surface area (Å²) in [6, 6.07) is 0.296. The van der Waals surface area contributed by atoms with E-state index in [0.717, 1.165) is 12.8 Å². The highest BCUT2D eigenvalue weighted by molar-refractivity contribution is 8.00. The molecule has 5 saturated heterocycles. The van der Waals surface area contributed by atoms with Gasteiger partial charge in [-0.2, -0.15) is 13.2 Å². The van der Waals surface area contributed by atoms with Crippen LogP contribution in [0.3, 0.4) is 0 Å². The second-order valence-corrected chi connectivity index (χ2v) is 13.3. The number of hydrogen-bond acceptors (Lipinski definition) is 9. The topological polar surface area (TPSA) is 119 Å². The van der Waals surface area contributed by atoms with Crippen LogP contribution < -0.4 is 31.9 Å². The summed E-state index contributed by atoms with van der Waals surface area (Å²) < 4.78 is 44.5. The van der Waals surface area contributed by atoms with E-state index in [2.05, 4.69) is 38.8 Å². The summed E-state index contributed by atoms with van der Waals surface area (Å²) in [5, 5.41) is 18.8. The van der Waals surface area contributed by atoms with E-state index in [0.29, 0.717) is 32.2 Å². The van der Waals surface area contributed by atoms with E-state index in [4.69, 9.17) is 16.3 Å². The average molecular weight is 598 g/mol. The molecule has 10 nitrogen and oxygen atoms in total. The van der Waals surface area contributed by atoms with Gasteiger partial charge in [-0.1, -0.05) is 0 Å². The van der Waals surface area contributed by atoms with Crippen molar-refractivity contribution in [2.75, 3.05) is 46.4 Å². The second kappa shape index (κ2) is 12.2. The quantitative estimate of drug-likeness (QED) is 0.189. The number of methoxy groups -OCH3 is 1. The van der Waals surface area contributed by atoms with Crippen LogP contribution in [0.2, 0.25) is 0 Å². The first-order valence-corrected chi connectivity index (χ1v) is 15.1. The number of nitrogens with one attached hydrogen (secondary N) is 6. The molecule has 39 heavy (non-hydrogen) atoms. The fraction of sp³-hybridized carbons (Fsp3) is 0.917. The van der Waals surface area contributed by atoms with Crippen LogP contribution >= 0.6 is 23.4 Å². The van der Waals surface area contributed by atoms with Gasteiger partial charge in [0.25, 0.3) is 5.91 Å². The normalized spacial score (nSPS) is 43.2. The van der Waals surface area contributed by atoms with Gasteiger partial charge in [-0.3, -0.25) is 30.9 Å². The highest BCUT2D eigenvalue weighted by atomic mass is 35.5. The molecule has 0 aromatic rings. The Morgan fingerprint density at radius 2 is 1.77 bits per heavy atom. The van der Waals surface area contributed by atoms with E-state index < -0.39 is 18.3 Å². The van der Waals surface area contributed by atoms with Crippen LogP contribution in [0, 0.1) is 23.7 Å². The third-order valence-corrected chi connectivity index (χ3v) is 10.6. The number of piperidine rings is 2. The number of carbonyl (C=O) groups is 2. The number of amides is 2. The molecule has 222 valence electrons. The maximum Gasteiger partial charge on any atom is 0.394 e. The van der Waals surface area contributed by atoms with Gasteiger partial charge in [0.1, 0.15) is 11.7 Å². The molecule has 0 radical (unpaired) electrons. The van der Waals surface area contributed by atoms with Crippen molar-refractivity contribution < 1.29 is 27.5 Å². The lowest BCUT2D eigenvalue weighted by Crippen LogP contribution is -2.62. The minimum absolute atomic E-state index is 0.0000471. The number of carbonyl (C=O) groups excluding carboxylic acids is 2. The highest BCUT2D eigenvalue weighted by Crippen LogP contribution is 2.38. The Hall–Kier alpha value is -0.870. The third kappa shape index (κ3) is 6.63. The van der Waals surface area contributed by atoms with Crippen molar-refractivity contribution in [3.8, 4) is 0 Å². The second-order valence-electron chi connectivity index (χ2n) is 11.4. The van der Waals surface area contributed by atoms with Crippen molar-refractivity contribution in [1.29, 1.82) is 0 Å². The number of alkyl halides is 4. The molecule has 0 bridgehead atoms. The lowest BCUT2D eigenvalue weighted by atomic mass is 9.70. The van der Waals surface area contributed by atoms with Gasteiger partial charge in [0.15, 0.2) is 0 Å². The van der Waals surface area contributed by atoms with Gasteiger partial charge in [-0.15, -0.1) is 23.4 Å². The van der Waals surface area contributed by atoms with Crippen LogP contribution in [0.25, 0.3) is 0 Å². The van der Waals surface area contributed by atoms with Crippen molar-refractivity contribution in [1.82, 2.24) is 36.8 Å². The van der Waals surface area contributed by atoms with Crippen molar-refractivity contribution >= 4 is 35.2 Å². The van der Waals surface area contributed by atoms with Gasteiger partial charge < -0.3 is 20.3 Å². The molecule has 5 rings (SSSR count). The van der Waals surface area contributed by atoms with Gasteiger partial charge in [-0.05, 0) is 31.6 Å². The standard InChI is InChI=1S/C24H39ClF3N7O3S/c1-11-3-13(14-4-19(25)30-8-17(14)38-2)15(7-29-11)21(36)34-23-33-16-9-35(10-18(16)39-23)22(37)20-31-5-12(6-32-20)24(26,27)28/h11-20,23,29-33H,3-10H2,1-2H3,(H,34,36). The summed E-state index contributed by atoms with van der Waals surface area (Å²) in [5.41, 5.74) is -0.410. The Morgan fingerprint density at radius 1 is 1.03 bits per heavy atom. The predicted molar refractivity (Wildman–Crippen MR) is 142 cm³/mol. The summed E-state index contributed by atoms with van der Waals surface area (Å²) in [5.74, 6) is -1.65. The first kappa shape index (κ1) is 29.6. The number of ether oxygens (including phenoxy) is 1. The first-order valence-electron chi connectivity index (χ1n) is 13.7. The number of hydrogen-bond donors (Lipinski definition) is 6. The van der Waals surface area contributed by atoms with Gasteiger partial charge in [0.05, 0.1) is 23.4 Å². The van der Waals surface area contributed by atoms with E-state index >= 15 is 0 Å². The van der Waals surface area contributed by atoms with Gasteiger partial charge in [0.2, 0.25) is 5.91 Å². The fourth-order valence-corrected chi connectivity index (χ4v) is 8.40. The molecule has 5 aliphatic rings. The van der Waals surface area contributed by atoms with E-state index in [1.165, 1.54) is 0 Å². The Bertz CT molecular complexity index is 886. The van der Waals surface area contributed by atoms with Crippen LogP contribution in [-0.4, -0.2) is 110 Å². The molecule has 0 saturated carbocycles. The molecule has 0 aromatic carbocycles. The molecule has 5 fully saturated rings. The summed E-state index contributed by atoms with van der Waals surface area (Å²) in [6.07, 6.45) is -3.50. The zero-order chi connectivity index (χ0) is 27.9. The lowest BCUT2D eigenvalue weighted by Gasteiger charge is -2.45. The number of nitrogens with zero attached hydrogens (tertiary/aromatic N) is 1. The minimum Gasteiger partial charge on any atom is -0.380 e. The van der Waals surface area contributed by atoms with Crippen molar-refractivity contribution in [2.45, 2.75) is 66.5 Å². The first-order chi connectivity index (χ1) is 18.5. The zero-order valence-corrected chi connectivity index (χ0v) is 23.7. The van der Waals surface area contributed by atoms with Crippen molar-refractivity contribution in [3.05, 3.63) is 0 Å². The maximum atomic E-state index is 13.5. The monoisotopic (exact) mass is 597 g/mol. The van der Waals surface area contributed by atoms with E-state index in [1.807, 2.05) is 0 Å². The Balaban J connectivity index is 1.13. The van der Waals surface area contributed by atoms with Crippen LogP contribution in [0.5, 0.6) is 0 Å². The largest absolute Gasteiger partial charge is 0.394 e. The minimum atomic E-state index is -4.30. The van der Waals surface area contributed by atoms with Crippen molar-refractivity contribution in [3.63, 3.8) is 0 Å². The van der Waals surface area contributed by atoms with E-state index in [1.54, 1.807) is 23.8 Å². The molecule has 0 spiro atoms. The molecular weight excluding hydrogens is 559 g/mol. The van der Waals surface area contributed by atoms with Gasteiger partial charge in [0, 0.05) is 63.7 Å². The number of halogens is 4. The predicted octanol–water partition coefficient (Wildman–Crippen LogP) is -0.197. The number of likely N-dealkylation sites (tertiary alicyclic amines) is 1. The van der Waals surface area contributed by atoms with Crippen LogP contribution in [0.4, 0.5) is 13.2 Å². The SMILES string of the molecule is COC1CNC(Cl)CC1C1CC(C)NCC1C(=O)NC1NC2CN(C(=O)C3NCC(C(F)(F)F)CN3)CC2S1. The lowest BCUT2D eigenvalue weighted by molar-refractivity contribution is -0.178. The summed E-state index contributed by atoms with van der Waals surface area (Å²) in [6.45, 7) is 3.75. The highest BCUT2D eigenvalue weighted by Gasteiger charge is 2.48. The Labute approximate surface area is 236 Å². The molecule has 9 atom stereocenters. The molecular formula is C24H39ClF3N7O3S. The van der Waals surface area contributed by atoms with E-state index in [-0.39, 0.29) is 71.1 Å². The fourth-order valence-electron chi connectivity index (χ4n) is 6.70. The molecule has 6 N–H and O–H groups in total. The molecule has 0 aliphatic carbocycles. The molecule has 0 aromatic heterocycles. The maximum absolute atomic E-state index is 13.5. The summed E-state index contributed by atoms with van der Waals surface area (Å²) in [4.78, 5) is 28.1. The smallest absolute Gasteiger partial charge is 0.380 e. The van der Waals surface area contributed by atoms with Crippen molar-refractivity contribution in [2.24, 2.45) is 23.7 Å². The summed E-state index contributed by atoms with van der Waals surface area (Å²) >= 11 is 8.02. The van der Waals surface area contributed by atoms with E-state index in [9.17, 15) is 22.8 Å². The van der Waals surface area contributed by atoms with Gasteiger partial charge in [-0.25, -0.2) is 0 Å². The molecule has 2 amide bonds. The molecule has 5 aliphatic heterocycles. The number of rotatable bonds is 5. The zero-order valence-electron chi connectivity index (χ0n) is 22.1. The van der Waals surface area contributed by atoms with Crippen LogP contribution in [-0.2, 0) is 14.3 Å². The van der Waals surface area contributed by atoms with Crippen LogP contribution in [0.15, 0.2) is 0 Å². The average Bonchev–Trinajstić information content (AvgIpc) is 3.46. The molecule has 5 heterocycles. The Kier molecular flexibility index (Phi) is 9.24. The summed E-state index contributed by atoms with van der Waals surface area (Å²) in [7, 11) is 1.71. The molecule has 9 unspecified atom stereocenters. The number of thioether (sulfide) groups is 1. The Morgan fingerprint density at radius 3 is 2.44 bits per heavy atom. The third-order valence-electron chi connectivity index (χ3n) is 8.89. The molecule has 15 heteroatoms. The van der Waals surface area contributed by atoms with Gasteiger partial charge >= 0.3 is 6.18 Å². The van der Waals surface area contributed by atoms with Crippen LogP contribution in [0.1, 0.15) is 19.8 Å². The number of fused-ring (bicyclic) bond motifs is 1.